The molecule has 1 fully saturated rings. The van der Waals surface area contributed by atoms with Crippen LogP contribution in [-0.2, 0) is 19.3 Å². The van der Waals surface area contributed by atoms with Crippen molar-refractivity contribution in [1.82, 2.24) is 30.2 Å². The van der Waals surface area contributed by atoms with Crippen LogP contribution in [0.25, 0.3) is 22.6 Å². The Morgan fingerprint density at radius 2 is 1.94 bits per heavy atom. The van der Waals surface area contributed by atoms with Crippen LogP contribution in [0.2, 0.25) is 0 Å². The van der Waals surface area contributed by atoms with E-state index >= 15 is 0 Å². The zero-order valence-electron chi connectivity index (χ0n) is 19.4. The summed E-state index contributed by atoms with van der Waals surface area (Å²) >= 11 is 0. The van der Waals surface area contributed by atoms with Gasteiger partial charge in [0, 0.05) is 12.0 Å². The molecule has 15 heteroatoms. The van der Waals surface area contributed by atoms with Gasteiger partial charge >= 0.3 is 10.4 Å². The second-order valence-corrected chi connectivity index (χ2v) is 9.36. The first-order valence-electron chi connectivity index (χ1n) is 11.3. The topological polar surface area (TPSA) is 207 Å². The van der Waals surface area contributed by atoms with E-state index in [0.29, 0.717) is 36.4 Å². The molecule has 1 aromatic carbocycles. The highest BCUT2D eigenvalue weighted by atomic mass is 32.3. The van der Waals surface area contributed by atoms with E-state index in [-0.39, 0.29) is 17.9 Å². The quantitative estimate of drug-likeness (QED) is 0.106. The molecule has 0 amide bonds. The second kappa shape index (κ2) is 11.1. The number of hydrogen-bond acceptors (Lipinski definition) is 12. The summed E-state index contributed by atoms with van der Waals surface area (Å²) in [5.41, 5.74) is 7.27. The monoisotopic (exact) mass is 523 g/mol. The zero-order chi connectivity index (χ0) is 25.9. The number of aromatic nitrogens is 4. The van der Waals surface area contributed by atoms with Gasteiger partial charge in [-0.1, -0.05) is 30.3 Å². The summed E-state index contributed by atoms with van der Waals surface area (Å²) < 4.78 is 44.2. The molecular formula is C21H29N7O7S. The van der Waals surface area contributed by atoms with E-state index in [1.165, 1.54) is 10.9 Å². The molecule has 3 aromatic rings. The first-order chi connectivity index (χ1) is 17.2. The van der Waals surface area contributed by atoms with Crippen molar-refractivity contribution in [3.05, 3.63) is 36.7 Å². The lowest BCUT2D eigenvalue weighted by Crippen LogP contribution is -2.41. The van der Waals surface area contributed by atoms with Crippen LogP contribution in [-0.4, -0.2) is 87.4 Å². The number of fused-ring (bicyclic) bond motifs is 1. The fraction of sp³-hybridized carbons (Fsp3) is 0.476. The Morgan fingerprint density at radius 3 is 2.64 bits per heavy atom. The number of aliphatic hydroxyl groups is 2. The highest BCUT2D eigenvalue weighted by Crippen LogP contribution is 2.37. The molecule has 3 heterocycles. The minimum atomic E-state index is -4.80. The lowest BCUT2D eigenvalue weighted by atomic mass is 10.1. The number of nitrogen functional groups attached to an aromatic ring is 1. The number of imidazole rings is 1. The molecule has 4 rings (SSSR count). The largest absolute Gasteiger partial charge is 0.398 e. The average Bonchev–Trinajstić information content (AvgIpc) is 3.35. The number of nitrogens with zero attached hydrogens (tertiary/aromatic N) is 4. The van der Waals surface area contributed by atoms with Gasteiger partial charge in [-0.15, -0.1) is 0 Å². The van der Waals surface area contributed by atoms with Gasteiger partial charge < -0.3 is 26.0 Å². The minimum Gasteiger partial charge on any atom is -0.388 e. The lowest BCUT2D eigenvalue weighted by Gasteiger charge is -2.22. The third kappa shape index (κ3) is 5.79. The van der Waals surface area contributed by atoms with Gasteiger partial charge in [0.05, 0.1) is 6.10 Å². The van der Waals surface area contributed by atoms with Gasteiger partial charge in [-0.05, 0) is 26.6 Å². The number of nitrogens with two attached hydrogens (primary N) is 1. The molecule has 196 valence electrons. The zero-order valence-corrected chi connectivity index (χ0v) is 20.2. The van der Waals surface area contributed by atoms with E-state index in [0.717, 1.165) is 0 Å². The predicted molar refractivity (Wildman–Crippen MR) is 129 cm³/mol. The summed E-state index contributed by atoms with van der Waals surface area (Å²) in [6.07, 6.45) is -4.56. The molecule has 7 N–H and O–H groups in total. The number of nitrogens with one attached hydrogen (secondary N) is 2. The molecule has 0 saturated carbocycles. The van der Waals surface area contributed by atoms with Crippen LogP contribution in [0.3, 0.4) is 0 Å². The molecule has 0 aliphatic carbocycles. The van der Waals surface area contributed by atoms with Crippen molar-refractivity contribution in [1.29, 1.82) is 0 Å². The number of benzene rings is 1. The first-order valence-corrected chi connectivity index (χ1v) is 12.6. The molecule has 1 aliphatic rings. The van der Waals surface area contributed by atoms with Gasteiger partial charge in [-0.2, -0.15) is 8.42 Å². The van der Waals surface area contributed by atoms with Crippen LogP contribution in [0.4, 0.5) is 5.82 Å². The van der Waals surface area contributed by atoms with E-state index < -0.39 is 41.2 Å². The normalized spacial score (nSPS) is 23.3. The van der Waals surface area contributed by atoms with Gasteiger partial charge in [0.2, 0.25) is 0 Å². The summed E-state index contributed by atoms with van der Waals surface area (Å²) in [5.74, 6) is 0.513. The Morgan fingerprint density at radius 1 is 1.19 bits per heavy atom. The van der Waals surface area contributed by atoms with Crippen molar-refractivity contribution in [2.75, 3.05) is 25.9 Å². The summed E-state index contributed by atoms with van der Waals surface area (Å²) in [4.78, 5) is 12.8. The molecule has 2 aromatic heterocycles. The number of anilines is 1. The van der Waals surface area contributed by atoms with Gasteiger partial charge in [-0.3, -0.25) is 14.4 Å². The molecule has 1 aliphatic heterocycles. The summed E-state index contributed by atoms with van der Waals surface area (Å²) in [5, 5.41) is 27.6. The standard InChI is InChI=1S/C21H29N7O7S/c1-23-8-5-9-24-14(35-36(31,32)33)10-13-16(29)17(30)21(34-13)28-19(12-6-3-2-4-7-12)27-15-18(22)25-11-26-20(15)28/h2-4,6-7,11,13-14,16-17,21,23-24,29-30H,5,8-10H2,1H3,(H2,22,25,26)(H,31,32,33)/t13-,14?,16-,17-,21-/m1/s1. The minimum absolute atomic E-state index is 0.132. The van der Waals surface area contributed by atoms with Crippen molar-refractivity contribution < 1.29 is 32.1 Å². The number of rotatable bonds is 11. The van der Waals surface area contributed by atoms with E-state index in [4.69, 9.17) is 14.7 Å². The Balaban J connectivity index is 1.64. The van der Waals surface area contributed by atoms with Crippen molar-refractivity contribution in [3.8, 4) is 11.4 Å². The highest BCUT2D eigenvalue weighted by Gasteiger charge is 2.46. The van der Waals surface area contributed by atoms with E-state index in [1.54, 1.807) is 7.05 Å². The van der Waals surface area contributed by atoms with Crippen LogP contribution >= 0.6 is 0 Å². The second-order valence-electron chi connectivity index (χ2n) is 8.31. The molecule has 1 unspecified atom stereocenters. The Hall–Kier alpha value is -2.76. The number of hydrogen-bond donors (Lipinski definition) is 6. The van der Waals surface area contributed by atoms with E-state index in [2.05, 4.69) is 25.6 Å². The molecule has 5 atom stereocenters. The van der Waals surface area contributed by atoms with E-state index in [1.807, 2.05) is 30.3 Å². The third-order valence-corrected chi connectivity index (χ3v) is 6.26. The van der Waals surface area contributed by atoms with E-state index in [9.17, 15) is 23.2 Å². The summed E-state index contributed by atoms with van der Waals surface area (Å²) in [6.45, 7) is 1.02. The average molecular weight is 524 g/mol. The SMILES string of the molecule is CNCCCNC(C[C@H]1O[C@@H](n2c(-c3ccccc3)nc3c(N)ncnc32)[C@H](O)[C@@H]1O)OS(=O)(=O)O. The first kappa shape index (κ1) is 26.3. The Bertz CT molecular complexity index is 1270. The van der Waals surface area contributed by atoms with Crippen LogP contribution < -0.4 is 16.4 Å². The third-order valence-electron chi connectivity index (χ3n) is 5.79. The van der Waals surface area contributed by atoms with Crippen molar-refractivity contribution >= 4 is 27.4 Å². The van der Waals surface area contributed by atoms with Crippen LogP contribution in [0, 0.1) is 0 Å². The van der Waals surface area contributed by atoms with Crippen molar-refractivity contribution in [2.45, 2.75) is 43.6 Å². The lowest BCUT2D eigenvalue weighted by molar-refractivity contribution is -0.0487. The van der Waals surface area contributed by atoms with Crippen LogP contribution in [0.5, 0.6) is 0 Å². The molecule has 0 bridgehead atoms. The molecule has 0 radical (unpaired) electrons. The molecule has 14 nitrogen and oxygen atoms in total. The Kier molecular flexibility index (Phi) is 8.11. The molecule has 1 saturated heterocycles. The van der Waals surface area contributed by atoms with Gasteiger partial charge in [0.15, 0.2) is 23.2 Å². The van der Waals surface area contributed by atoms with Crippen LogP contribution in [0.15, 0.2) is 36.7 Å². The van der Waals surface area contributed by atoms with Gasteiger partial charge in [-0.25, -0.2) is 19.1 Å². The Labute approximate surface area is 207 Å². The molecular weight excluding hydrogens is 494 g/mol. The summed E-state index contributed by atoms with van der Waals surface area (Å²) in [7, 11) is -3.02. The van der Waals surface area contributed by atoms with Crippen LogP contribution in [0.1, 0.15) is 19.1 Å². The maximum absolute atomic E-state index is 11.4. The fourth-order valence-electron chi connectivity index (χ4n) is 4.14. The van der Waals surface area contributed by atoms with Crippen molar-refractivity contribution in [3.63, 3.8) is 0 Å². The smallest absolute Gasteiger partial charge is 0.388 e. The maximum Gasteiger partial charge on any atom is 0.398 e. The fourth-order valence-corrected chi connectivity index (χ4v) is 4.58. The number of ether oxygens (including phenoxy) is 1. The molecule has 36 heavy (non-hydrogen) atoms. The maximum atomic E-state index is 11.4. The van der Waals surface area contributed by atoms with Gasteiger partial charge in [0.1, 0.15) is 30.6 Å². The highest BCUT2D eigenvalue weighted by molar-refractivity contribution is 7.80. The number of aliphatic hydroxyl groups excluding tert-OH is 2. The summed E-state index contributed by atoms with van der Waals surface area (Å²) in [6, 6.07) is 9.08. The van der Waals surface area contributed by atoms with Gasteiger partial charge in [0.25, 0.3) is 0 Å². The molecule has 0 spiro atoms. The van der Waals surface area contributed by atoms with Crippen molar-refractivity contribution in [2.24, 2.45) is 0 Å². The predicted octanol–water partition coefficient (Wildman–Crippen LogP) is -0.571.